The molecule has 0 spiro atoms. The van der Waals surface area contributed by atoms with Gasteiger partial charge in [-0.25, -0.2) is 0 Å². The van der Waals surface area contributed by atoms with Crippen molar-refractivity contribution in [3.63, 3.8) is 0 Å². The molecule has 6 heteroatoms. The maximum Gasteiger partial charge on any atom is 0.236 e. The Morgan fingerprint density at radius 3 is 2.31 bits per heavy atom. The number of rotatable bonds is 3. The van der Waals surface area contributed by atoms with Crippen LogP contribution in [0.5, 0.6) is 0 Å². The zero-order chi connectivity index (χ0) is 11.4. The molecule has 1 rings (SSSR count). The van der Waals surface area contributed by atoms with E-state index in [1.165, 1.54) is 4.90 Å². The molecule has 16 heavy (non-hydrogen) atoms. The lowest BCUT2D eigenvalue weighted by atomic mass is 10.2. The van der Waals surface area contributed by atoms with Crippen LogP contribution >= 0.6 is 35.6 Å². The van der Waals surface area contributed by atoms with Gasteiger partial charge in [-0.1, -0.05) is 29.3 Å². The van der Waals surface area contributed by atoms with Crippen LogP contribution < -0.4 is 5.73 Å². The normalized spacial score (nSPS) is 9.50. The predicted molar refractivity (Wildman–Crippen MR) is 69.2 cm³/mol. The minimum atomic E-state index is -0.147. The Morgan fingerprint density at radius 2 is 1.88 bits per heavy atom. The molecule has 0 aromatic heterocycles. The number of amides is 1. The van der Waals surface area contributed by atoms with Crippen molar-refractivity contribution in [2.45, 2.75) is 6.54 Å². The van der Waals surface area contributed by atoms with Gasteiger partial charge in [-0.3, -0.25) is 4.79 Å². The number of benzene rings is 1. The molecule has 0 bridgehead atoms. The number of hydrogen-bond acceptors (Lipinski definition) is 2. The molecule has 0 aliphatic rings. The summed E-state index contributed by atoms with van der Waals surface area (Å²) in [5.74, 6) is -0.147. The lowest BCUT2D eigenvalue weighted by molar-refractivity contribution is -0.128. The van der Waals surface area contributed by atoms with Crippen LogP contribution in [0.4, 0.5) is 0 Å². The first-order chi connectivity index (χ1) is 7.06. The molecule has 0 saturated heterocycles. The minimum absolute atomic E-state index is 0. The van der Waals surface area contributed by atoms with Gasteiger partial charge in [0.15, 0.2) is 0 Å². The fourth-order valence-electron chi connectivity index (χ4n) is 1.16. The molecule has 0 aliphatic carbocycles. The third-order valence-electron chi connectivity index (χ3n) is 2.06. The number of hydrogen-bond donors (Lipinski definition) is 1. The second-order valence-electron chi connectivity index (χ2n) is 3.15. The first-order valence-corrected chi connectivity index (χ1v) is 5.18. The van der Waals surface area contributed by atoms with E-state index >= 15 is 0 Å². The van der Waals surface area contributed by atoms with Gasteiger partial charge in [-0.2, -0.15) is 0 Å². The summed E-state index contributed by atoms with van der Waals surface area (Å²) in [7, 11) is 1.66. The summed E-state index contributed by atoms with van der Waals surface area (Å²) in [4.78, 5) is 12.7. The van der Waals surface area contributed by atoms with Crippen LogP contribution in [0.2, 0.25) is 10.0 Å². The molecule has 1 amide bonds. The van der Waals surface area contributed by atoms with Crippen molar-refractivity contribution in [1.29, 1.82) is 0 Å². The molecule has 0 fully saturated rings. The van der Waals surface area contributed by atoms with Crippen molar-refractivity contribution >= 4 is 41.5 Å². The van der Waals surface area contributed by atoms with E-state index in [1.54, 1.807) is 25.2 Å². The standard InChI is InChI=1S/C10H12Cl2N2O.ClH/c1-14(10(15)5-13)6-7-8(11)3-2-4-9(7)12;/h2-4H,5-6,13H2,1H3;1H. The van der Waals surface area contributed by atoms with E-state index in [1.807, 2.05) is 0 Å². The van der Waals surface area contributed by atoms with Gasteiger partial charge >= 0.3 is 0 Å². The molecule has 90 valence electrons. The zero-order valence-corrected chi connectivity index (χ0v) is 11.1. The quantitative estimate of drug-likeness (QED) is 0.925. The molecule has 1 aromatic carbocycles. The molecule has 0 unspecified atom stereocenters. The molecular formula is C10H13Cl3N2O. The first kappa shape index (κ1) is 15.5. The molecule has 0 atom stereocenters. The van der Waals surface area contributed by atoms with Gasteiger partial charge in [0, 0.05) is 29.2 Å². The van der Waals surface area contributed by atoms with Crippen LogP contribution in [0, 0.1) is 0 Å². The van der Waals surface area contributed by atoms with Crippen LogP contribution in [-0.4, -0.2) is 24.4 Å². The molecule has 1 aromatic rings. The summed E-state index contributed by atoms with van der Waals surface area (Å²) in [6.07, 6.45) is 0. The second kappa shape index (κ2) is 6.97. The van der Waals surface area contributed by atoms with Gasteiger partial charge in [-0.05, 0) is 12.1 Å². The molecule has 0 aliphatic heterocycles. The van der Waals surface area contributed by atoms with Crippen LogP contribution in [0.3, 0.4) is 0 Å². The van der Waals surface area contributed by atoms with Gasteiger partial charge in [0.25, 0.3) is 0 Å². The third kappa shape index (κ3) is 3.83. The van der Waals surface area contributed by atoms with Crippen LogP contribution in [0.15, 0.2) is 18.2 Å². The maximum atomic E-state index is 11.3. The fraction of sp³-hybridized carbons (Fsp3) is 0.300. The molecule has 0 saturated carbocycles. The van der Waals surface area contributed by atoms with Crippen LogP contribution in [0.1, 0.15) is 5.56 Å². The maximum absolute atomic E-state index is 11.3. The van der Waals surface area contributed by atoms with Gasteiger partial charge in [-0.15, -0.1) is 12.4 Å². The Kier molecular flexibility index (Phi) is 6.76. The number of carbonyl (C=O) groups excluding carboxylic acids is 1. The molecular weight excluding hydrogens is 270 g/mol. The number of nitrogens with zero attached hydrogens (tertiary/aromatic N) is 1. The van der Waals surface area contributed by atoms with Crippen molar-refractivity contribution in [2.24, 2.45) is 5.73 Å². The topological polar surface area (TPSA) is 46.3 Å². The first-order valence-electron chi connectivity index (χ1n) is 4.43. The van der Waals surface area contributed by atoms with Crippen LogP contribution in [0.25, 0.3) is 0 Å². The Bertz CT molecular complexity index is 351. The van der Waals surface area contributed by atoms with Gasteiger partial charge < -0.3 is 10.6 Å². The van der Waals surface area contributed by atoms with Gasteiger partial charge in [0.05, 0.1) is 6.54 Å². The second-order valence-corrected chi connectivity index (χ2v) is 3.97. The third-order valence-corrected chi connectivity index (χ3v) is 2.77. The van der Waals surface area contributed by atoms with Crippen molar-refractivity contribution in [2.75, 3.05) is 13.6 Å². The number of halogens is 3. The summed E-state index contributed by atoms with van der Waals surface area (Å²) in [5, 5.41) is 1.11. The van der Waals surface area contributed by atoms with E-state index in [0.717, 1.165) is 5.56 Å². The fourth-order valence-corrected chi connectivity index (χ4v) is 1.68. The van der Waals surface area contributed by atoms with Gasteiger partial charge in [0.2, 0.25) is 5.91 Å². The highest BCUT2D eigenvalue weighted by Crippen LogP contribution is 2.25. The van der Waals surface area contributed by atoms with E-state index in [2.05, 4.69) is 0 Å². The van der Waals surface area contributed by atoms with Crippen molar-refractivity contribution < 1.29 is 4.79 Å². The van der Waals surface area contributed by atoms with Crippen molar-refractivity contribution in [3.8, 4) is 0 Å². The Balaban J connectivity index is 0.00000225. The van der Waals surface area contributed by atoms with Crippen molar-refractivity contribution in [1.82, 2.24) is 4.90 Å². The highest BCUT2D eigenvalue weighted by atomic mass is 35.5. The number of likely N-dealkylation sites (N-methyl/N-ethyl adjacent to an activating group) is 1. The Morgan fingerprint density at radius 1 is 1.38 bits per heavy atom. The van der Waals surface area contributed by atoms with E-state index in [4.69, 9.17) is 28.9 Å². The highest BCUT2D eigenvalue weighted by Gasteiger charge is 2.11. The lowest BCUT2D eigenvalue weighted by Gasteiger charge is -2.17. The number of nitrogens with two attached hydrogens (primary N) is 1. The summed E-state index contributed by atoms with van der Waals surface area (Å²) in [6, 6.07) is 5.24. The molecule has 3 nitrogen and oxygen atoms in total. The summed E-state index contributed by atoms with van der Waals surface area (Å²) < 4.78 is 0. The predicted octanol–water partition coefficient (Wildman–Crippen LogP) is 2.33. The van der Waals surface area contributed by atoms with E-state index < -0.39 is 0 Å². The Hall–Kier alpha value is -0.480. The summed E-state index contributed by atoms with van der Waals surface area (Å²) in [5.41, 5.74) is 5.99. The van der Waals surface area contributed by atoms with Crippen molar-refractivity contribution in [3.05, 3.63) is 33.8 Å². The molecule has 2 N–H and O–H groups in total. The summed E-state index contributed by atoms with van der Waals surface area (Å²) in [6.45, 7) is 0.354. The minimum Gasteiger partial charge on any atom is -0.340 e. The Labute approximate surface area is 111 Å². The largest absolute Gasteiger partial charge is 0.340 e. The average Bonchev–Trinajstić information content (AvgIpc) is 2.22. The number of carbonyl (C=O) groups is 1. The summed E-state index contributed by atoms with van der Waals surface area (Å²) >= 11 is 11.9. The van der Waals surface area contributed by atoms with E-state index in [-0.39, 0.29) is 24.9 Å². The molecule has 0 radical (unpaired) electrons. The average molecular weight is 284 g/mol. The smallest absolute Gasteiger partial charge is 0.236 e. The van der Waals surface area contributed by atoms with Gasteiger partial charge in [0.1, 0.15) is 0 Å². The zero-order valence-electron chi connectivity index (χ0n) is 8.74. The highest BCUT2D eigenvalue weighted by molar-refractivity contribution is 6.36. The van der Waals surface area contributed by atoms with E-state index in [0.29, 0.717) is 16.6 Å². The lowest BCUT2D eigenvalue weighted by Crippen LogP contribution is -2.32. The monoisotopic (exact) mass is 282 g/mol. The molecule has 0 heterocycles. The SMILES string of the molecule is CN(Cc1c(Cl)cccc1Cl)C(=O)CN.Cl. The van der Waals surface area contributed by atoms with Crippen LogP contribution in [-0.2, 0) is 11.3 Å². The van der Waals surface area contributed by atoms with E-state index in [9.17, 15) is 4.79 Å².